The molecule has 1 saturated heterocycles. The highest BCUT2D eigenvalue weighted by Gasteiger charge is 2.24. The quantitative estimate of drug-likeness (QED) is 0.941. The molecule has 22 heavy (non-hydrogen) atoms. The van der Waals surface area contributed by atoms with Gasteiger partial charge in [0.15, 0.2) is 5.69 Å². The number of hydrogen-bond donors (Lipinski definition) is 1. The van der Waals surface area contributed by atoms with Crippen LogP contribution in [0.3, 0.4) is 0 Å². The molecule has 0 spiro atoms. The molecule has 1 atom stereocenters. The van der Waals surface area contributed by atoms with Crippen LogP contribution in [0.15, 0.2) is 36.5 Å². The second kappa shape index (κ2) is 6.27. The lowest BCUT2D eigenvalue weighted by Crippen LogP contribution is -2.47. The summed E-state index contributed by atoms with van der Waals surface area (Å²) in [6, 6.07) is 8.15. The van der Waals surface area contributed by atoms with Gasteiger partial charge in [-0.05, 0) is 44.2 Å². The number of benzene rings is 1. The van der Waals surface area contributed by atoms with Gasteiger partial charge >= 0.3 is 0 Å². The largest absolute Gasteiger partial charge is 0.336 e. The number of halogens is 1. The Labute approximate surface area is 128 Å². The molecular weight excluding hydrogens is 283 g/mol. The van der Waals surface area contributed by atoms with Crippen LogP contribution < -0.4 is 5.32 Å². The van der Waals surface area contributed by atoms with Crippen molar-refractivity contribution in [1.82, 2.24) is 20.0 Å². The van der Waals surface area contributed by atoms with Crippen molar-refractivity contribution in [2.45, 2.75) is 18.9 Å². The molecule has 1 aliphatic rings. The molecule has 0 aliphatic carbocycles. The Hall–Kier alpha value is -2.21. The van der Waals surface area contributed by atoms with Crippen LogP contribution in [-0.4, -0.2) is 46.8 Å². The number of nitrogens with one attached hydrogen (secondary N) is 1. The van der Waals surface area contributed by atoms with Crippen LogP contribution in [-0.2, 0) is 0 Å². The van der Waals surface area contributed by atoms with Gasteiger partial charge in [0.2, 0.25) is 0 Å². The van der Waals surface area contributed by atoms with Crippen molar-refractivity contribution in [3.8, 4) is 5.69 Å². The van der Waals surface area contributed by atoms with Gasteiger partial charge in [0.05, 0.1) is 5.69 Å². The first kappa shape index (κ1) is 14.7. The SMILES string of the molecule is CN[C@@H]1CCCN(C(=O)c2ccn(-c3cccc(F)c3)n2)C1. The molecule has 2 aromatic rings. The molecule has 6 heteroatoms. The van der Waals surface area contributed by atoms with E-state index in [0.717, 1.165) is 19.4 Å². The summed E-state index contributed by atoms with van der Waals surface area (Å²) < 4.78 is 14.8. The van der Waals surface area contributed by atoms with Crippen molar-refractivity contribution in [2.24, 2.45) is 0 Å². The first-order chi connectivity index (χ1) is 10.7. The molecule has 2 heterocycles. The Balaban J connectivity index is 1.77. The van der Waals surface area contributed by atoms with Crippen molar-refractivity contribution in [3.05, 3.63) is 48.0 Å². The Bertz CT molecular complexity index is 670. The highest BCUT2D eigenvalue weighted by molar-refractivity contribution is 5.92. The number of nitrogens with zero attached hydrogens (tertiary/aromatic N) is 3. The lowest BCUT2D eigenvalue weighted by atomic mass is 10.1. The Morgan fingerprint density at radius 2 is 2.27 bits per heavy atom. The summed E-state index contributed by atoms with van der Waals surface area (Å²) in [5.41, 5.74) is 0.992. The number of hydrogen-bond acceptors (Lipinski definition) is 3. The lowest BCUT2D eigenvalue weighted by Gasteiger charge is -2.32. The van der Waals surface area contributed by atoms with E-state index in [2.05, 4.69) is 10.4 Å². The van der Waals surface area contributed by atoms with Crippen LogP contribution in [0.5, 0.6) is 0 Å². The van der Waals surface area contributed by atoms with Crippen molar-refractivity contribution in [3.63, 3.8) is 0 Å². The van der Waals surface area contributed by atoms with Crippen molar-refractivity contribution in [2.75, 3.05) is 20.1 Å². The third kappa shape index (κ3) is 3.01. The van der Waals surface area contributed by atoms with Crippen LogP contribution in [0.1, 0.15) is 23.3 Å². The molecule has 1 amide bonds. The number of carbonyl (C=O) groups excluding carboxylic acids is 1. The summed E-state index contributed by atoms with van der Waals surface area (Å²) in [7, 11) is 1.91. The van der Waals surface area contributed by atoms with Crippen LogP contribution >= 0.6 is 0 Å². The molecule has 0 bridgehead atoms. The van der Waals surface area contributed by atoms with E-state index >= 15 is 0 Å². The maximum absolute atomic E-state index is 13.3. The molecule has 1 aromatic heterocycles. The molecule has 116 valence electrons. The molecular formula is C16H19FN4O. The zero-order chi connectivity index (χ0) is 15.5. The molecule has 0 radical (unpaired) electrons. The van der Waals surface area contributed by atoms with E-state index in [1.165, 1.54) is 16.8 Å². The first-order valence-electron chi connectivity index (χ1n) is 7.45. The Morgan fingerprint density at radius 3 is 3.05 bits per heavy atom. The summed E-state index contributed by atoms with van der Waals surface area (Å²) in [6.45, 7) is 1.45. The Kier molecular flexibility index (Phi) is 4.20. The van der Waals surface area contributed by atoms with Gasteiger partial charge in [0.25, 0.3) is 5.91 Å². The number of aromatic nitrogens is 2. The van der Waals surface area contributed by atoms with Crippen molar-refractivity contribution in [1.29, 1.82) is 0 Å². The van der Waals surface area contributed by atoms with Gasteiger partial charge in [-0.3, -0.25) is 4.79 Å². The summed E-state index contributed by atoms with van der Waals surface area (Å²) in [6.07, 6.45) is 3.75. The van der Waals surface area contributed by atoms with E-state index in [9.17, 15) is 9.18 Å². The predicted octanol–water partition coefficient (Wildman–Crippen LogP) is 1.84. The second-order valence-electron chi connectivity index (χ2n) is 5.50. The van der Waals surface area contributed by atoms with Gasteiger partial charge in [-0.25, -0.2) is 9.07 Å². The third-order valence-corrected chi connectivity index (χ3v) is 4.00. The molecule has 1 aliphatic heterocycles. The summed E-state index contributed by atoms with van der Waals surface area (Å²) >= 11 is 0. The number of amides is 1. The predicted molar refractivity (Wildman–Crippen MR) is 81.5 cm³/mol. The van der Waals surface area contributed by atoms with Crippen LogP contribution in [0, 0.1) is 5.82 Å². The van der Waals surface area contributed by atoms with Crippen molar-refractivity contribution >= 4 is 5.91 Å². The number of rotatable bonds is 3. The van der Waals surface area contributed by atoms with Gasteiger partial charge < -0.3 is 10.2 Å². The molecule has 5 nitrogen and oxygen atoms in total. The van der Waals surface area contributed by atoms with Crippen LogP contribution in [0.2, 0.25) is 0 Å². The van der Waals surface area contributed by atoms with Gasteiger partial charge in [-0.2, -0.15) is 5.10 Å². The van der Waals surface area contributed by atoms with E-state index in [1.807, 2.05) is 11.9 Å². The smallest absolute Gasteiger partial charge is 0.274 e. The summed E-state index contributed by atoms with van der Waals surface area (Å²) in [5.74, 6) is -0.399. The normalized spacial score (nSPS) is 18.5. The molecule has 1 N–H and O–H groups in total. The molecule has 0 saturated carbocycles. The average molecular weight is 302 g/mol. The lowest BCUT2D eigenvalue weighted by molar-refractivity contribution is 0.0691. The fourth-order valence-electron chi connectivity index (χ4n) is 2.76. The Morgan fingerprint density at radius 1 is 1.41 bits per heavy atom. The number of piperidine rings is 1. The van der Waals surface area contributed by atoms with Gasteiger partial charge in [-0.1, -0.05) is 6.07 Å². The van der Waals surface area contributed by atoms with E-state index in [1.54, 1.807) is 24.4 Å². The third-order valence-electron chi connectivity index (χ3n) is 4.00. The zero-order valence-electron chi connectivity index (χ0n) is 12.5. The summed E-state index contributed by atoms with van der Waals surface area (Å²) in [5, 5.41) is 7.50. The zero-order valence-corrected chi connectivity index (χ0v) is 12.5. The molecule has 1 fully saturated rings. The van der Waals surface area contributed by atoms with Gasteiger partial charge in [-0.15, -0.1) is 0 Å². The average Bonchev–Trinajstić information content (AvgIpc) is 3.04. The molecule has 3 rings (SSSR count). The number of likely N-dealkylation sites (tertiary alicyclic amines) is 1. The van der Waals surface area contributed by atoms with Crippen LogP contribution in [0.4, 0.5) is 4.39 Å². The first-order valence-corrected chi connectivity index (χ1v) is 7.45. The highest BCUT2D eigenvalue weighted by atomic mass is 19.1. The minimum atomic E-state index is -0.325. The van der Waals surface area contributed by atoms with E-state index in [4.69, 9.17) is 0 Å². The number of carbonyl (C=O) groups is 1. The monoisotopic (exact) mass is 302 g/mol. The van der Waals surface area contributed by atoms with Crippen LogP contribution in [0.25, 0.3) is 5.69 Å². The van der Waals surface area contributed by atoms with E-state index in [-0.39, 0.29) is 11.7 Å². The maximum Gasteiger partial charge on any atom is 0.274 e. The standard InChI is InChI=1S/C16H19FN4O/c1-18-13-5-3-8-20(11-13)16(22)15-7-9-21(19-15)14-6-2-4-12(17)10-14/h2,4,6-7,9-10,13,18H,3,5,8,11H2,1H3/t13-/m1/s1. The fraction of sp³-hybridized carbons (Fsp3) is 0.375. The van der Waals surface area contributed by atoms with Gasteiger partial charge in [0.1, 0.15) is 5.82 Å². The van der Waals surface area contributed by atoms with E-state index in [0.29, 0.717) is 24.0 Å². The maximum atomic E-state index is 13.3. The topological polar surface area (TPSA) is 50.2 Å². The highest BCUT2D eigenvalue weighted by Crippen LogP contribution is 2.14. The number of likely N-dealkylation sites (N-methyl/N-ethyl adjacent to an activating group) is 1. The van der Waals surface area contributed by atoms with Crippen molar-refractivity contribution < 1.29 is 9.18 Å². The molecule has 1 aromatic carbocycles. The fourth-order valence-corrected chi connectivity index (χ4v) is 2.76. The molecule has 0 unspecified atom stereocenters. The minimum Gasteiger partial charge on any atom is -0.336 e. The minimum absolute atomic E-state index is 0.0740. The summed E-state index contributed by atoms with van der Waals surface area (Å²) in [4.78, 5) is 14.3. The van der Waals surface area contributed by atoms with Gasteiger partial charge in [0, 0.05) is 25.3 Å². The second-order valence-corrected chi connectivity index (χ2v) is 5.50. The van der Waals surface area contributed by atoms with E-state index < -0.39 is 0 Å².